The highest BCUT2D eigenvalue weighted by atomic mass is 35.5. The normalized spacial score (nSPS) is 26.0. The number of halogens is 6. The number of hydrogen-bond acceptors (Lipinski definition) is 5. The van der Waals surface area contributed by atoms with E-state index >= 15 is 8.78 Å². The molecule has 2 aromatic carbocycles. The Morgan fingerprint density at radius 1 is 1.05 bits per heavy atom. The van der Waals surface area contributed by atoms with Crippen LogP contribution in [0.1, 0.15) is 12.0 Å². The van der Waals surface area contributed by atoms with E-state index in [0.717, 1.165) is 9.80 Å². The second-order valence-corrected chi connectivity index (χ2v) is 12.2. The van der Waals surface area contributed by atoms with E-state index < -0.39 is 72.5 Å². The summed E-state index contributed by atoms with van der Waals surface area (Å²) >= 11 is 24.9. The van der Waals surface area contributed by atoms with Crippen LogP contribution >= 0.6 is 46.4 Å². The van der Waals surface area contributed by atoms with E-state index in [2.05, 4.69) is 5.32 Å². The van der Waals surface area contributed by atoms with Gasteiger partial charge >= 0.3 is 5.97 Å². The van der Waals surface area contributed by atoms with Gasteiger partial charge in [0, 0.05) is 52.9 Å². The lowest BCUT2D eigenvalue weighted by Gasteiger charge is -2.36. The molecular weight excluding hydrogens is 628 g/mol. The van der Waals surface area contributed by atoms with Crippen molar-refractivity contribution in [3.8, 4) is 0 Å². The van der Waals surface area contributed by atoms with Crippen molar-refractivity contribution in [3.05, 3.63) is 56.0 Å². The maximum atomic E-state index is 15.1. The first-order chi connectivity index (χ1) is 19.1. The maximum Gasteiger partial charge on any atom is 0.310 e. The zero-order chi connectivity index (χ0) is 30.2. The van der Waals surface area contributed by atoms with Crippen LogP contribution in [0.25, 0.3) is 0 Å². The van der Waals surface area contributed by atoms with Gasteiger partial charge in [0.15, 0.2) is 0 Å². The Kier molecular flexibility index (Phi) is 7.43. The first-order valence-corrected chi connectivity index (χ1v) is 13.8. The molecule has 2 saturated heterocycles. The number of amides is 3. The van der Waals surface area contributed by atoms with Gasteiger partial charge in [0.1, 0.15) is 18.0 Å². The summed E-state index contributed by atoms with van der Waals surface area (Å²) in [7, 11) is 2.90. The Hall–Kier alpha value is -2.70. The fourth-order valence-electron chi connectivity index (χ4n) is 6.23. The van der Waals surface area contributed by atoms with Crippen molar-refractivity contribution in [2.24, 2.45) is 11.8 Å². The minimum absolute atomic E-state index is 0.0212. The van der Waals surface area contributed by atoms with Crippen molar-refractivity contribution in [2.75, 3.05) is 37.4 Å². The standard InChI is InChI=1S/C26H22Cl4F2N4O5/c1-34(2)18(37)9-35(14-4-11(27)3-12(28)5-14)22(38)19-17-8-25(31,32)10-36(17)26(20(19)23(39)40)15-6-13(29)7-16(30)21(15)33-24(26)41/h3-7,17,19-20H,8-10H2,1-2H3,(H,33,41)(H,39,40)/t17-,19+,20-,26+/m1/s1. The molecule has 218 valence electrons. The summed E-state index contributed by atoms with van der Waals surface area (Å²) in [6, 6.07) is 5.28. The second kappa shape index (κ2) is 10.2. The Labute approximate surface area is 252 Å². The number of anilines is 2. The van der Waals surface area contributed by atoms with Gasteiger partial charge in [-0.25, -0.2) is 8.78 Å². The predicted octanol–water partition coefficient (Wildman–Crippen LogP) is 4.61. The van der Waals surface area contributed by atoms with E-state index in [-0.39, 0.29) is 37.0 Å². The quantitative estimate of drug-likeness (QED) is 0.490. The van der Waals surface area contributed by atoms with Crippen molar-refractivity contribution >= 4 is 81.5 Å². The molecule has 2 N–H and O–H groups in total. The summed E-state index contributed by atoms with van der Waals surface area (Å²) in [6.07, 6.45) is -0.905. The molecule has 0 bridgehead atoms. The van der Waals surface area contributed by atoms with Crippen molar-refractivity contribution < 1.29 is 33.1 Å². The highest BCUT2D eigenvalue weighted by molar-refractivity contribution is 6.38. The topological polar surface area (TPSA) is 110 Å². The van der Waals surface area contributed by atoms with Gasteiger partial charge in [-0.2, -0.15) is 0 Å². The summed E-state index contributed by atoms with van der Waals surface area (Å²) < 4.78 is 30.2. The third kappa shape index (κ3) is 4.71. The number of fused-ring (bicyclic) bond motifs is 4. The molecule has 0 radical (unpaired) electrons. The molecule has 0 unspecified atom stereocenters. The molecule has 3 aliphatic heterocycles. The molecule has 41 heavy (non-hydrogen) atoms. The van der Waals surface area contributed by atoms with Crippen LogP contribution in [0.15, 0.2) is 30.3 Å². The fourth-order valence-corrected chi connectivity index (χ4v) is 7.28. The lowest BCUT2D eigenvalue weighted by atomic mass is 9.73. The minimum atomic E-state index is -3.37. The molecular formula is C26H22Cl4F2N4O5. The van der Waals surface area contributed by atoms with Crippen LogP contribution in [-0.4, -0.2) is 77.7 Å². The number of carbonyl (C=O) groups is 4. The van der Waals surface area contributed by atoms with Gasteiger partial charge in [-0.15, -0.1) is 0 Å². The molecule has 15 heteroatoms. The number of aliphatic carboxylic acids is 1. The van der Waals surface area contributed by atoms with Crippen molar-refractivity contribution in [3.63, 3.8) is 0 Å². The van der Waals surface area contributed by atoms with Crippen LogP contribution in [0.4, 0.5) is 20.2 Å². The largest absolute Gasteiger partial charge is 0.481 e. The van der Waals surface area contributed by atoms with Gasteiger partial charge in [0.25, 0.3) is 11.8 Å². The van der Waals surface area contributed by atoms with Gasteiger partial charge < -0.3 is 20.2 Å². The third-order valence-electron chi connectivity index (χ3n) is 7.81. The number of rotatable bonds is 5. The zero-order valence-corrected chi connectivity index (χ0v) is 24.5. The lowest BCUT2D eigenvalue weighted by Crippen LogP contribution is -2.54. The van der Waals surface area contributed by atoms with Gasteiger partial charge in [-0.1, -0.05) is 46.4 Å². The molecule has 0 saturated carbocycles. The van der Waals surface area contributed by atoms with E-state index in [1.165, 1.54) is 49.3 Å². The lowest BCUT2D eigenvalue weighted by molar-refractivity contribution is -0.153. The molecule has 1 spiro atoms. The Morgan fingerprint density at radius 2 is 1.66 bits per heavy atom. The molecule has 2 aromatic rings. The molecule has 3 aliphatic rings. The maximum absolute atomic E-state index is 15.1. The fraction of sp³-hybridized carbons (Fsp3) is 0.385. The van der Waals surface area contributed by atoms with E-state index in [4.69, 9.17) is 46.4 Å². The highest BCUT2D eigenvalue weighted by Gasteiger charge is 2.74. The van der Waals surface area contributed by atoms with Crippen LogP contribution in [0, 0.1) is 11.8 Å². The van der Waals surface area contributed by atoms with E-state index in [1.54, 1.807) is 0 Å². The number of carboxylic acids is 1. The van der Waals surface area contributed by atoms with Gasteiger partial charge in [0.05, 0.1) is 23.2 Å². The number of benzene rings is 2. The number of carboxylic acid groups (broad SMARTS) is 1. The summed E-state index contributed by atoms with van der Waals surface area (Å²) in [5.74, 6) is -11.0. The SMILES string of the molecule is CN(C)C(=O)CN(C(=O)[C@H]1[C@H]2CC(F)(F)CN2[C@]2(C(=O)Nc3c(Cl)cc(Cl)cc32)[C@H]1C(=O)O)c1cc(Cl)cc(Cl)c1. The predicted molar refractivity (Wildman–Crippen MR) is 149 cm³/mol. The average Bonchev–Trinajstić information content (AvgIpc) is 3.42. The number of nitrogens with zero attached hydrogens (tertiary/aromatic N) is 3. The van der Waals surface area contributed by atoms with Crippen LogP contribution in [0.5, 0.6) is 0 Å². The van der Waals surface area contributed by atoms with E-state index in [1.807, 2.05) is 0 Å². The van der Waals surface area contributed by atoms with Gasteiger partial charge in [0.2, 0.25) is 11.8 Å². The van der Waals surface area contributed by atoms with Crippen LogP contribution in [0.3, 0.4) is 0 Å². The summed E-state index contributed by atoms with van der Waals surface area (Å²) in [4.78, 5) is 57.3. The Morgan fingerprint density at radius 3 is 2.24 bits per heavy atom. The number of hydrogen-bond donors (Lipinski definition) is 2. The van der Waals surface area contributed by atoms with Crippen molar-refractivity contribution in [1.82, 2.24) is 9.80 Å². The smallest absolute Gasteiger partial charge is 0.310 e. The van der Waals surface area contributed by atoms with Crippen LogP contribution < -0.4 is 10.2 Å². The number of alkyl halides is 2. The monoisotopic (exact) mass is 648 g/mol. The molecule has 0 aliphatic carbocycles. The molecule has 3 heterocycles. The molecule has 0 aromatic heterocycles. The third-order valence-corrected chi connectivity index (χ3v) is 8.76. The van der Waals surface area contributed by atoms with Crippen molar-refractivity contribution in [2.45, 2.75) is 23.9 Å². The first-order valence-electron chi connectivity index (χ1n) is 12.2. The molecule has 3 amide bonds. The van der Waals surface area contributed by atoms with Crippen LogP contribution in [-0.2, 0) is 24.7 Å². The summed E-state index contributed by atoms with van der Waals surface area (Å²) in [5.41, 5.74) is -2.20. The molecule has 5 rings (SSSR count). The molecule has 4 atom stereocenters. The molecule has 2 fully saturated rings. The number of likely N-dealkylation sites (N-methyl/N-ethyl adjacent to an activating group) is 1. The summed E-state index contributed by atoms with van der Waals surface area (Å²) in [6.45, 7) is -1.58. The number of nitrogens with one attached hydrogen (secondary N) is 1. The van der Waals surface area contributed by atoms with E-state index in [9.17, 15) is 24.3 Å². The highest BCUT2D eigenvalue weighted by Crippen LogP contribution is 2.61. The average molecular weight is 650 g/mol. The van der Waals surface area contributed by atoms with Crippen molar-refractivity contribution in [1.29, 1.82) is 0 Å². The minimum Gasteiger partial charge on any atom is -0.481 e. The Bertz CT molecular complexity index is 1490. The van der Waals surface area contributed by atoms with Gasteiger partial charge in [-0.3, -0.25) is 24.1 Å². The van der Waals surface area contributed by atoms with E-state index in [0.29, 0.717) is 0 Å². The van der Waals surface area contributed by atoms with Gasteiger partial charge in [-0.05, 0) is 30.3 Å². The Balaban J connectivity index is 1.73. The zero-order valence-electron chi connectivity index (χ0n) is 21.4. The summed E-state index contributed by atoms with van der Waals surface area (Å²) in [5, 5.41) is 13.4. The number of carbonyl (C=O) groups excluding carboxylic acids is 3. The van der Waals surface area contributed by atoms with Crippen LogP contribution in [0.2, 0.25) is 20.1 Å². The first kappa shape index (κ1) is 29.8. The second-order valence-electron chi connectivity index (χ2n) is 10.5. The molecule has 9 nitrogen and oxygen atoms in total.